The van der Waals surface area contributed by atoms with Gasteiger partial charge in [0.05, 0.1) is 6.61 Å². The average Bonchev–Trinajstić information content (AvgIpc) is 2.21. The Hall–Kier alpha value is -0.670. The zero-order valence-corrected chi connectivity index (χ0v) is 10.3. The van der Waals surface area contributed by atoms with Crippen LogP contribution in [0.5, 0.6) is 5.75 Å². The summed E-state index contributed by atoms with van der Waals surface area (Å²) in [5.41, 5.74) is 7.82. The van der Waals surface area contributed by atoms with Crippen LogP contribution in [0.1, 0.15) is 11.1 Å². The standard InChI is InChI=1S/C12H19NOS/c1-10-4-3-5-11(2)12(10)14-7-9-15-8-6-13/h3-5H,6-9,13H2,1-2H3. The molecular weight excluding hydrogens is 206 g/mol. The third kappa shape index (κ3) is 4.14. The third-order valence-corrected chi connectivity index (χ3v) is 3.12. The van der Waals surface area contributed by atoms with Crippen molar-refractivity contribution in [3.8, 4) is 5.75 Å². The van der Waals surface area contributed by atoms with Gasteiger partial charge in [0.25, 0.3) is 0 Å². The summed E-state index contributed by atoms with van der Waals surface area (Å²) in [5.74, 6) is 3.05. The first-order valence-corrected chi connectivity index (χ1v) is 6.38. The van der Waals surface area contributed by atoms with Gasteiger partial charge in [-0.3, -0.25) is 0 Å². The number of aryl methyl sites for hydroxylation is 2. The van der Waals surface area contributed by atoms with Gasteiger partial charge in [-0.05, 0) is 25.0 Å². The zero-order chi connectivity index (χ0) is 11.1. The van der Waals surface area contributed by atoms with Crippen molar-refractivity contribution < 1.29 is 4.74 Å². The van der Waals surface area contributed by atoms with Crippen LogP contribution >= 0.6 is 11.8 Å². The second-order valence-electron chi connectivity index (χ2n) is 3.47. The van der Waals surface area contributed by atoms with E-state index in [1.54, 1.807) is 0 Å². The molecule has 15 heavy (non-hydrogen) atoms. The molecular formula is C12H19NOS. The minimum absolute atomic E-state index is 0.744. The molecule has 1 aromatic rings. The maximum atomic E-state index is 5.75. The largest absolute Gasteiger partial charge is 0.492 e. The van der Waals surface area contributed by atoms with E-state index < -0.39 is 0 Å². The third-order valence-electron chi connectivity index (χ3n) is 2.15. The van der Waals surface area contributed by atoms with Crippen LogP contribution in [0.2, 0.25) is 0 Å². The molecule has 0 unspecified atom stereocenters. The van der Waals surface area contributed by atoms with E-state index >= 15 is 0 Å². The van der Waals surface area contributed by atoms with Crippen molar-refractivity contribution in [2.75, 3.05) is 24.7 Å². The number of hydrogen-bond donors (Lipinski definition) is 1. The second kappa shape index (κ2) is 6.75. The van der Waals surface area contributed by atoms with Gasteiger partial charge in [0, 0.05) is 18.1 Å². The van der Waals surface area contributed by atoms with Gasteiger partial charge in [0.2, 0.25) is 0 Å². The Labute approximate surface area is 96.2 Å². The van der Waals surface area contributed by atoms with Crippen molar-refractivity contribution in [2.24, 2.45) is 5.73 Å². The summed E-state index contributed by atoms with van der Waals surface area (Å²) >= 11 is 1.83. The van der Waals surface area contributed by atoms with Crippen molar-refractivity contribution in [3.63, 3.8) is 0 Å². The summed E-state index contributed by atoms with van der Waals surface area (Å²) in [6, 6.07) is 6.21. The number of nitrogens with two attached hydrogens (primary N) is 1. The van der Waals surface area contributed by atoms with E-state index in [4.69, 9.17) is 10.5 Å². The first-order chi connectivity index (χ1) is 7.25. The molecule has 0 spiro atoms. The van der Waals surface area contributed by atoms with E-state index in [0.29, 0.717) is 0 Å². The molecule has 84 valence electrons. The molecule has 2 nitrogen and oxygen atoms in total. The molecule has 0 bridgehead atoms. The molecule has 0 heterocycles. The van der Waals surface area contributed by atoms with Gasteiger partial charge in [-0.2, -0.15) is 11.8 Å². The smallest absolute Gasteiger partial charge is 0.125 e. The Morgan fingerprint density at radius 2 is 1.87 bits per heavy atom. The van der Waals surface area contributed by atoms with E-state index in [-0.39, 0.29) is 0 Å². The van der Waals surface area contributed by atoms with Crippen LogP contribution in [0, 0.1) is 13.8 Å². The number of thioether (sulfide) groups is 1. The van der Waals surface area contributed by atoms with Crippen LogP contribution in [0.4, 0.5) is 0 Å². The Balaban J connectivity index is 2.37. The van der Waals surface area contributed by atoms with Crippen molar-refractivity contribution in [3.05, 3.63) is 29.3 Å². The normalized spacial score (nSPS) is 10.3. The van der Waals surface area contributed by atoms with Gasteiger partial charge in [0.15, 0.2) is 0 Å². The highest BCUT2D eigenvalue weighted by Crippen LogP contribution is 2.22. The highest BCUT2D eigenvalue weighted by atomic mass is 32.2. The molecule has 0 aliphatic rings. The molecule has 1 aromatic carbocycles. The van der Waals surface area contributed by atoms with E-state index in [9.17, 15) is 0 Å². The SMILES string of the molecule is Cc1cccc(C)c1OCCSCCN. The highest BCUT2D eigenvalue weighted by Gasteiger charge is 2.02. The summed E-state index contributed by atoms with van der Waals surface area (Å²) < 4.78 is 5.75. The molecule has 0 fully saturated rings. The van der Waals surface area contributed by atoms with Gasteiger partial charge in [-0.1, -0.05) is 18.2 Å². The maximum Gasteiger partial charge on any atom is 0.125 e. The molecule has 0 saturated carbocycles. The van der Waals surface area contributed by atoms with Gasteiger partial charge in [-0.15, -0.1) is 0 Å². The minimum Gasteiger partial charge on any atom is -0.492 e. The zero-order valence-electron chi connectivity index (χ0n) is 9.45. The van der Waals surface area contributed by atoms with Crippen LogP contribution < -0.4 is 10.5 Å². The minimum atomic E-state index is 0.744. The number of benzene rings is 1. The molecule has 0 radical (unpaired) electrons. The molecule has 0 atom stereocenters. The summed E-state index contributed by atoms with van der Waals surface area (Å²) in [6.07, 6.45) is 0. The van der Waals surface area contributed by atoms with Crippen LogP contribution in [0.25, 0.3) is 0 Å². The highest BCUT2D eigenvalue weighted by molar-refractivity contribution is 7.99. The van der Waals surface area contributed by atoms with E-state index in [0.717, 1.165) is 30.4 Å². The number of hydrogen-bond acceptors (Lipinski definition) is 3. The van der Waals surface area contributed by atoms with Crippen LogP contribution in [-0.4, -0.2) is 24.7 Å². The molecule has 3 heteroatoms. The predicted molar refractivity (Wildman–Crippen MR) is 67.8 cm³/mol. The first kappa shape index (κ1) is 12.4. The van der Waals surface area contributed by atoms with E-state index in [2.05, 4.69) is 32.0 Å². The van der Waals surface area contributed by atoms with Crippen LogP contribution in [0.3, 0.4) is 0 Å². The fraction of sp³-hybridized carbons (Fsp3) is 0.500. The monoisotopic (exact) mass is 225 g/mol. The first-order valence-electron chi connectivity index (χ1n) is 5.22. The Kier molecular flexibility index (Phi) is 5.58. The topological polar surface area (TPSA) is 35.2 Å². The maximum absolute atomic E-state index is 5.75. The van der Waals surface area contributed by atoms with Gasteiger partial charge in [-0.25, -0.2) is 0 Å². The molecule has 0 aliphatic carbocycles. The van der Waals surface area contributed by atoms with Crippen LogP contribution in [0.15, 0.2) is 18.2 Å². The van der Waals surface area contributed by atoms with Crippen molar-refractivity contribution in [2.45, 2.75) is 13.8 Å². The Morgan fingerprint density at radius 1 is 1.20 bits per heavy atom. The fourth-order valence-corrected chi connectivity index (χ4v) is 1.99. The lowest BCUT2D eigenvalue weighted by atomic mass is 10.1. The lowest BCUT2D eigenvalue weighted by Gasteiger charge is -2.11. The summed E-state index contributed by atoms with van der Waals surface area (Å²) in [4.78, 5) is 0. The average molecular weight is 225 g/mol. The van der Waals surface area contributed by atoms with Crippen LogP contribution in [-0.2, 0) is 0 Å². The molecule has 0 amide bonds. The molecule has 0 saturated heterocycles. The van der Waals surface area contributed by atoms with E-state index in [1.165, 1.54) is 11.1 Å². The van der Waals surface area contributed by atoms with Gasteiger partial charge < -0.3 is 10.5 Å². The van der Waals surface area contributed by atoms with Crippen molar-refractivity contribution in [1.82, 2.24) is 0 Å². The Bertz CT molecular complexity index is 281. The predicted octanol–water partition coefficient (Wildman–Crippen LogP) is 2.37. The summed E-state index contributed by atoms with van der Waals surface area (Å²) in [7, 11) is 0. The lowest BCUT2D eigenvalue weighted by Crippen LogP contribution is -2.06. The number of rotatable bonds is 6. The molecule has 2 N–H and O–H groups in total. The van der Waals surface area contributed by atoms with Crippen molar-refractivity contribution in [1.29, 1.82) is 0 Å². The summed E-state index contributed by atoms with van der Waals surface area (Å²) in [5, 5.41) is 0. The van der Waals surface area contributed by atoms with Crippen molar-refractivity contribution >= 4 is 11.8 Å². The Morgan fingerprint density at radius 3 is 2.47 bits per heavy atom. The fourth-order valence-electron chi connectivity index (χ4n) is 1.41. The van der Waals surface area contributed by atoms with E-state index in [1.807, 2.05) is 11.8 Å². The summed E-state index contributed by atoms with van der Waals surface area (Å²) in [6.45, 7) is 5.66. The lowest BCUT2D eigenvalue weighted by molar-refractivity contribution is 0.339. The molecule has 0 aromatic heterocycles. The molecule has 0 aliphatic heterocycles. The van der Waals surface area contributed by atoms with Gasteiger partial charge in [0.1, 0.15) is 5.75 Å². The number of para-hydroxylation sites is 1. The molecule has 1 rings (SSSR count). The second-order valence-corrected chi connectivity index (χ2v) is 4.70. The van der Waals surface area contributed by atoms with Gasteiger partial charge >= 0.3 is 0 Å². The number of ether oxygens (including phenoxy) is 1. The quantitative estimate of drug-likeness (QED) is 0.755.